The molecule has 1 saturated carbocycles. The molecule has 1 amide bonds. The lowest BCUT2D eigenvalue weighted by atomic mass is 9.84. The Morgan fingerprint density at radius 2 is 1.94 bits per heavy atom. The van der Waals surface area contributed by atoms with Crippen molar-refractivity contribution in [1.29, 1.82) is 0 Å². The lowest BCUT2D eigenvalue weighted by Crippen LogP contribution is -2.42. The molecule has 0 bridgehead atoms. The van der Waals surface area contributed by atoms with Crippen LogP contribution >= 0.6 is 12.4 Å². The lowest BCUT2D eigenvalue weighted by Gasteiger charge is -2.29. The van der Waals surface area contributed by atoms with Crippen LogP contribution in [0, 0.1) is 11.8 Å². The van der Waals surface area contributed by atoms with Crippen LogP contribution in [0.25, 0.3) is 0 Å². The molecule has 2 fully saturated rings. The maximum atomic E-state index is 11.9. The number of hydrogen-bond acceptors (Lipinski definition) is 2. The highest BCUT2D eigenvalue weighted by atomic mass is 35.5. The summed E-state index contributed by atoms with van der Waals surface area (Å²) in [4.78, 5) is 11.9. The smallest absolute Gasteiger partial charge is 0.224 e. The van der Waals surface area contributed by atoms with E-state index in [0.29, 0.717) is 12.0 Å². The summed E-state index contributed by atoms with van der Waals surface area (Å²) in [6.07, 6.45) is 7.66. The van der Waals surface area contributed by atoms with Crippen molar-refractivity contribution in [1.82, 2.24) is 10.6 Å². The highest BCUT2D eigenvalue weighted by Gasteiger charge is 2.26. The molecule has 1 aliphatic heterocycles. The first-order valence-corrected chi connectivity index (χ1v) is 6.78. The first-order valence-electron chi connectivity index (χ1n) is 6.78. The van der Waals surface area contributed by atoms with E-state index in [1.54, 1.807) is 0 Å². The van der Waals surface area contributed by atoms with E-state index < -0.39 is 0 Å². The number of amides is 1. The number of nitrogens with one attached hydrogen (secondary N) is 2. The molecule has 2 N–H and O–H groups in total. The molecule has 0 aromatic rings. The van der Waals surface area contributed by atoms with E-state index in [-0.39, 0.29) is 24.2 Å². The van der Waals surface area contributed by atoms with Crippen LogP contribution in [-0.2, 0) is 4.79 Å². The van der Waals surface area contributed by atoms with Gasteiger partial charge in [0.25, 0.3) is 0 Å². The van der Waals surface area contributed by atoms with Gasteiger partial charge in [-0.1, -0.05) is 19.3 Å². The Kier molecular flexibility index (Phi) is 6.28. The molecule has 0 aromatic carbocycles. The molecule has 0 aromatic heterocycles. The van der Waals surface area contributed by atoms with Crippen molar-refractivity contribution in [2.24, 2.45) is 11.8 Å². The summed E-state index contributed by atoms with van der Waals surface area (Å²) in [5, 5.41) is 6.46. The van der Waals surface area contributed by atoms with E-state index in [0.717, 1.165) is 19.5 Å². The van der Waals surface area contributed by atoms with Crippen molar-refractivity contribution < 1.29 is 4.79 Å². The molecular formula is C13H25ClN2O. The van der Waals surface area contributed by atoms with Crippen molar-refractivity contribution in [2.75, 3.05) is 13.1 Å². The Morgan fingerprint density at radius 1 is 1.24 bits per heavy atom. The fraction of sp³-hybridized carbons (Fsp3) is 0.923. The van der Waals surface area contributed by atoms with Gasteiger partial charge in [0.15, 0.2) is 0 Å². The second kappa shape index (κ2) is 7.22. The van der Waals surface area contributed by atoms with Crippen LogP contribution in [0.15, 0.2) is 0 Å². The van der Waals surface area contributed by atoms with E-state index in [9.17, 15) is 4.79 Å². The SMILES string of the molecule is CC(NC(=O)C1CCNC1)C1CCCCC1.Cl. The van der Waals surface area contributed by atoms with Gasteiger partial charge in [-0.2, -0.15) is 0 Å². The average molecular weight is 261 g/mol. The summed E-state index contributed by atoms with van der Waals surface area (Å²) in [6.45, 7) is 4.04. The van der Waals surface area contributed by atoms with Crippen LogP contribution in [0.3, 0.4) is 0 Å². The number of hydrogen-bond donors (Lipinski definition) is 2. The Bertz CT molecular complexity index is 236. The fourth-order valence-electron chi connectivity index (χ4n) is 2.97. The maximum Gasteiger partial charge on any atom is 0.224 e. The summed E-state index contributed by atoms with van der Waals surface area (Å²) < 4.78 is 0. The minimum absolute atomic E-state index is 0. The van der Waals surface area contributed by atoms with Gasteiger partial charge in [-0.25, -0.2) is 0 Å². The summed E-state index contributed by atoms with van der Waals surface area (Å²) in [7, 11) is 0. The van der Waals surface area contributed by atoms with Crippen LogP contribution in [-0.4, -0.2) is 25.0 Å². The van der Waals surface area contributed by atoms with E-state index in [4.69, 9.17) is 0 Å². The van der Waals surface area contributed by atoms with Gasteiger partial charge in [0, 0.05) is 12.6 Å². The van der Waals surface area contributed by atoms with Gasteiger partial charge >= 0.3 is 0 Å². The first-order chi connectivity index (χ1) is 7.77. The largest absolute Gasteiger partial charge is 0.353 e. The van der Waals surface area contributed by atoms with Crippen molar-refractivity contribution in [3.63, 3.8) is 0 Å². The summed E-state index contributed by atoms with van der Waals surface area (Å²) >= 11 is 0. The van der Waals surface area contributed by atoms with Crippen LogP contribution in [0.4, 0.5) is 0 Å². The lowest BCUT2D eigenvalue weighted by molar-refractivity contribution is -0.125. The monoisotopic (exact) mass is 260 g/mol. The number of carbonyl (C=O) groups excluding carboxylic acids is 1. The maximum absolute atomic E-state index is 11.9. The minimum Gasteiger partial charge on any atom is -0.353 e. The van der Waals surface area contributed by atoms with Crippen LogP contribution in [0.1, 0.15) is 45.4 Å². The molecule has 1 heterocycles. The third kappa shape index (κ3) is 4.14. The number of carbonyl (C=O) groups is 1. The quantitative estimate of drug-likeness (QED) is 0.816. The van der Waals surface area contributed by atoms with Gasteiger partial charge < -0.3 is 10.6 Å². The molecule has 0 radical (unpaired) electrons. The van der Waals surface area contributed by atoms with Crippen molar-refractivity contribution >= 4 is 18.3 Å². The molecule has 100 valence electrons. The fourth-order valence-corrected chi connectivity index (χ4v) is 2.97. The predicted octanol–water partition coefficient (Wildman–Crippen LogP) is 2.10. The summed E-state index contributed by atoms with van der Waals surface area (Å²) in [5.41, 5.74) is 0. The van der Waals surface area contributed by atoms with Crippen LogP contribution in [0.2, 0.25) is 0 Å². The van der Waals surface area contributed by atoms with Gasteiger partial charge in [0.05, 0.1) is 5.92 Å². The molecule has 1 aliphatic carbocycles. The van der Waals surface area contributed by atoms with Crippen molar-refractivity contribution in [3.05, 3.63) is 0 Å². The number of halogens is 1. The summed E-state index contributed by atoms with van der Waals surface area (Å²) in [6, 6.07) is 0.369. The zero-order valence-electron chi connectivity index (χ0n) is 10.7. The average Bonchev–Trinajstić information content (AvgIpc) is 2.83. The molecule has 0 spiro atoms. The Morgan fingerprint density at radius 3 is 2.53 bits per heavy atom. The molecule has 17 heavy (non-hydrogen) atoms. The van der Waals surface area contributed by atoms with Crippen molar-refractivity contribution in [2.45, 2.75) is 51.5 Å². The second-order valence-corrected chi connectivity index (χ2v) is 5.39. The van der Waals surface area contributed by atoms with Gasteiger partial charge in [0.1, 0.15) is 0 Å². The van der Waals surface area contributed by atoms with E-state index in [2.05, 4.69) is 17.6 Å². The molecule has 1 saturated heterocycles. The number of rotatable bonds is 3. The Hall–Kier alpha value is -0.280. The van der Waals surface area contributed by atoms with E-state index in [1.807, 2.05) is 0 Å². The van der Waals surface area contributed by atoms with Crippen LogP contribution < -0.4 is 10.6 Å². The Balaban J connectivity index is 0.00000144. The topological polar surface area (TPSA) is 41.1 Å². The third-order valence-corrected chi connectivity index (χ3v) is 4.16. The molecule has 2 atom stereocenters. The van der Waals surface area contributed by atoms with Gasteiger partial charge in [-0.3, -0.25) is 4.79 Å². The van der Waals surface area contributed by atoms with E-state index in [1.165, 1.54) is 32.1 Å². The van der Waals surface area contributed by atoms with E-state index >= 15 is 0 Å². The van der Waals surface area contributed by atoms with Gasteiger partial charge in [0.2, 0.25) is 5.91 Å². The highest BCUT2D eigenvalue weighted by Crippen LogP contribution is 2.26. The molecule has 2 rings (SSSR count). The Labute approximate surface area is 111 Å². The van der Waals surface area contributed by atoms with Gasteiger partial charge in [-0.05, 0) is 38.6 Å². The molecule has 4 heteroatoms. The predicted molar refractivity (Wildman–Crippen MR) is 72.4 cm³/mol. The van der Waals surface area contributed by atoms with Gasteiger partial charge in [-0.15, -0.1) is 12.4 Å². The molecule has 2 aliphatic rings. The second-order valence-electron chi connectivity index (χ2n) is 5.39. The van der Waals surface area contributed by atoms with Crippen LogP contribution in [0.5, 0.6) is 0 Å². The summed E-state index contributed by atoms with van der Waals surface area (Å²) in [5.74, 6) is 1.20. The highest BCUT2D eigenvalue weighted by molar-refractivity contribution is 5.85. The minimum atomic E-state index is 0. The van der Waals surface area contributed by atoms with Crippen molar-refractivity contribution in [3.8, 4) is 0 Å². The molecule has 3 nitrogen and oxygen atoms in total. The molecular weight excluding hydrogens is 236 g/mol. The third-order valence-electron chi connectivity index (χ3n) is 4.16. The molecule has 2 unspecified atom stereocenters. The normalized spacial score (nSPS) is 27.2. The first kappa shape index (κ1) is 14.8. The zero-order chi connectivity index (χ0) is 11.4. The standard InChI is InChI=1S/C13H24N2O.ClH/c1-10(11-5-3-2-4-6-11)15-13(16)12-7-8-14-9-12;/h10-12,14H,2-9H2,1H3,(H,15,16);1H. The zero-order valence-corrected chi connectivity index (χ0v) is 11.5.